The molecule has 2 fully saturated rings. The van der Waals surface area contributed by atoms with Crippen LogP contribution >= 0.6 is 24.0 Å². The summed E-state index contributed by atoms with van der Waals surface area (Å²) < 4.78 is 5.40. The van der Waals surface area contributed by atoms with Gasteiger partial charge in [-0.2, -0.15) is 0 Å². The lowest BCUT2D eigenvalue weighted by molar-refractivity contribution is 0.0489. The molecule has 0 spiro atoms. The first kappa shape index (κ1) is 26.3. The Bertz CT molecular complexity index is 536. The van der Waals surface area contributed by atoms with Gasteiger partial charge >= 0.3 is 6.09 Å². The molecule has 0 aromatic rings. The standard InChI is InChI=1S/C21H41N5O2.HI/c1-14(2)18(25-20(27)28-21(3,4)5)13-23-19(22-6)24-15-11-16-9-8-10-17(12-15)26(16)7;/h14-18H,8-13H2,1-7H3,(H,25,27)(H2,22,23,24);1H. The quantitative estimate of drug-likeness (QED) is 0.293. The molecule has 0 saturated carbocycles. The van der Waals surface area contributed by atoms with Gasteiger partial charge in [0, 0.05) is 31.7 Å². The SMILES string of the molecule is CN=C(NCC(NC(=O)OC(C)(C)C)C(C)C)NC1CC2CCCC(C1)N2C.I. The lowest BCUT2D eigenvalue weighted by Gasteiger charge is -2.47. The summed E-state index contributed by atoms with van der Waals surface area (Å²) in [5, 5.41) is 9.99. The first-order chi connectivity index (χ1) is 13.1. The number of rotatable bonds is 5. The molecular weight excluding hydrogens is 481 g/mol. The minimum atomic E-state index is -0.497. The molecule has 7 nitrogen and oxygen atoms in total. The van der Waals surface area contributed by atoms with Crippen LogP contribution in [0.25, 0.3) is 0 Å². The highest BCUT2D eigenvalue weighted by molar-refractivity contribution is 14.0. The topological polar surface area (TPSA) is 78.0 Å². The van der Waals surface area contributed by atoms with Crippen LogP contribution in [0.2, 0.25) is 0 Å². The second-order valence-corrected chi connectivity index (χ2v) is 9.67. The van der Waals surface area contributed by atoms with E-state index in [9.17, 15) is 4.79 Å². The molecule has 0 aromatic carbocycles. The van der Waals surface area contributed by atoms with Crippen molar-refractivity contribution in [2.75, 3.05) is 20.6 Å². The summed E-state index contributed by atoms with van der Waals surface area (Å²) in [5.74, 6) is 1.09. The zero-order chi connectivity index (χ0) is 20.9. The third kappa shape index (κ3) is 8.47. The van der Waals surface area contributed by atoms with Gasteiger partial charge < -0.3 is 25.6 Å². The van der Waals surface area contributed by atoms with Crippen LogP contribution in [0.1, 0.15) is 66.7 Å². The maximum absolute atomic E-state index is 12.1. The molecule has 1 amide bonds. The number of nitrogens with one attached hydrogen (secondary N) is 3. The van der Waals surface area contributed by atoms with Gasteiger partial charge in [-0.15, -0.1) is 24.0 Å². The number of amides is 1. The van der Waals surface area contributed by atoms with Crippen LogP contribution in [-0.2, 0) is 4.74 Å². The maximum Gasteiger partial charge on any atom is 0.407 e. The van der Waals surface area contributed by atoms with E-state index < -0.39 is 5.60 Å². The smallest absolute Gasteiger partial charge is 0.407 e. The summed E-state index contributed by atoms with van der Waals surface area (Å²) in [5.41, 5.74) is -0.497. The number of guanidine groups is 1. The molecule has 29 heavy (non-hydrogen) atoms. The van der Waals surface area contributed by atoms with Crippen LogP contribution in [0.3, 0.4) is 0 Å². The van der Waals surface area contributed by atoms with Gasteiger partial charge in [-0.3, -0.25) is 4.99 Å². The highest BCUT2D eigenvalue weighted by atomic mass is 127. The number of carbonyl (C=O) groups excluding carboxylic acids is 1. The average molecular weight is 524 g/mol. The monoisotopic (exact) mass is 523 g/mol. The second-order valence-electron chi connectivity index (χ2n) is 9.67. The first-order valence-electron chi connectivity index (χ1n) is 10.8. The minimum absolute atomic E-state index is 0. The number of carbonyl (C=O) groups is 1. The Morgan fingerprint density at radius 3 is 2.28 bits per heavy atom. The number of alkyl carbamates (subject to hydrolysis) is 1. The van der Waals surface area contributed by atoms with Crippen LogP contribution in [0.15, 0.2) is 4.99 Å². The Kier molecular flexibility index (Phi) is 10.5. The average Bonchev–Trinajstić information content (AvgIpc) is 2.56. The zero-order valence-corrected chi connectivity index (χ0v) is 21.6. The zero-order valence-electron chi connectivity index (χ0n) is 19.2. The molecule has 0 radical (unpaired) electrons. The number of hydrogen-bond acceptors (Lipinski definition) is 4. The predicted molar refractivity (Wildman–Crippen MR) is 130 cm³/mol. The summed E-state index contributed by atoms with van der Waals surface area (Å²) in [7, 11) is 4.07. The van der Waals surface area contributed by atoms with Crippen molar-refractivity contribution in [1.82, 2.24) is 20.9 Å². The van der Waals surface area contributed by atoms with Crippen molar-refractivity contribution in [2.24, 2.45) is 10.9 Å². The van der Waals surface area contributed by atoms with Gasteiger partial charge in [-0.25, -0.2) is 4.79 Å². The van der Waals surface area contributed by atoms with Crippen LogP contribution in [-0.4, -0.2) is 67.4 Å². The van der Waals surface area contributed by atoms with Crippen LogP contribution in [0, 0.1) is 5.92 Å². The van der Waals surface area contributed by atoms with Crippen LogP contribution < -0.4 is 16.0 Å². The van der Waals surface area contributed by atoms with Crippen LogP contribution in [0.4, 0.5) is 4.79 Å². The molecular formula is C21H42IN5O2. The van der Waals surface area contributed by atoms with Gasteiger partial charge in [0.1, 0.15) is 5.60 Å². The van der Waals surface area contributed by atoms with E-state index in [-0.39, 0.29) is 42.0 Å². The summed E-state index contributed by atoms with van der Waals surface area (Å²) in [6.45, 7) is 10.4. The highest BCUT2D eigenvalue weighted by Crippen LogP contribution is 2.32. The Morgan fingerprint density at radius 2 is 1.79 bits per heavy atom. The van der Waals surface area contributed by atoms with Crippen LogP contribution in [0.5, 0.6) is 0 Å². The largest absolute Gasteiger partial charge is 0.444 e. The minimum Gasteiger partial charge on any atom is -0.444 e. The first-order valence-corrected chi connectivity index (χ1v) is 10.8. The molecule has 2 aliphatic heterocycles. The Labute approximate surface area is 194 Å². The van der Waals surface area contributed by atoms with E-state index in [2.05, 4.69) is 46.7 Å². The summed E-state index contributed by atoms with van der Waals surface area (Å²) in [4.78, 5) is 19.1. The van der Waals surface area contributed by atoms with E-state index in [1.165, 1.54) is 19.3 Å². The van der Waals surface area contributed by atoms with E-state index in [0.29, 0.717) is 24.7 Å². The fourth-order valence-corrected chi connectivity index (χ4v) is 4.24. The molecule has 170 valence electrons. The van der Waals surface area contributed by atoms with Gasteiger partial charge in [0.25, 0.3) is 0 Å². The van der Waals surface area contributed by atoms with E-state index in [4.69, 9.17) is 4.74 Å². The molecule has 8 heteroatoms. The third-order valence-electron chi connectivity index (χ3n) is 5.90. The fraction of sp³-hybridized carbons (Fsp3) is 0.905. The maximum atomic E-state index is 12.1. The highest BCUT2D eigenvalue weighted by Gasteiger charge is 2.36. The molecule has 3 unspecified atom stereocenters. The Balaban J connectivity index is 0.00000420. The Hall–Kier alpha value is -0.770. The number of halogens is 1. The van der Waals surface area contributed by atoms with Gasteiger partial charge in [0.05, 0.1) is 6.04 Å². The molecule has 2 saturated heterocycles. The predicted octanol–water partition coefficient (Wildman–Crippen LogP) is 3.33. The van der Waals surface area contributed by atoms with Gasteiger partial charge in [0.2, 0.25) is 0 Å². The van der Waals surface area contributed by atoms with Gasteiger partial charge in [0.15, 0.2) is 5.96 Å². The van der Waals surface area contributed by atoms with E-state index in [1.807, 2.05) is 20.8 Å². The number of aliphatic imine (C=N–C) groups is 1. The molecule has 0 aliphatic carbocycles. The molecule has 3 N–H and O–H groups in total. The lowest BCUT2D eigenvalue weighted by atomic mass is 9.82. The van der Waals surface area contributed by atoms with E-state index in [1.54, 1.807) is 7.05 Å². The van der Waals surface area contributed by atoms with Crippen molar-refractivity contribution >= 4 is 36.0 Å². The lowest BCUT2D eigenvalue weighted by Crippen LogP contribution is -2.57. The van der Waals surface area contributed by atoms with E-state index in [0.717, 1.165) is 18.8 Å². The summed E-state index contributed by atoms with van der Waals surface area (Å²) >= 11 is 0. The Morgan fingerprint density at radius 1 is 1.21 bits per heavy atom. The molecule has 3 atom stereocenters. The molecule has 2 rings (SSSR count). The number of hydrogen-bond donors (Lipinski definition) is 3. The van der Waals surface area contributed by atoms with E-state index >= 15 is 0 Å². The number of ether oxygens (including phenoxy) is 1. The van der Waals surface area contributed by atoms with Gasteiger partial charge in [-0.1, -0.05) is 20.3 Å². The fourth-order valence-electron chi connectivity index (χ4n) is 4.24. The molecule has 2 aliphatic rings. The van der Waals surface area contributed by atoms with Crippen molar-refractivity contribution in [2.45, 2.75) is 96.5 Å². The summed E-state index contributed by atoms with van der Waals surface area (Å²) in [6.07, 6.45) is 5.90. The second kappa shape index (κ2) is 11.6. The third-order valence-corrected chi connectivity index (χ3v) is 5.90. The summed E-state index contributed by atoms with van der Waals surface area (Å²) in [6, 6.07) is 1.78. The van der Waals surface area contributed by atoms with Crippen molar-refractivity contribution in [3.05, 3.63) is 0 Å². The van der Waals surface area contributed by atoms with Crippen molar-refractivity contribution in [3.8, 4) is 0 Å². The molecule has 2 heterocycles. The van der Waals surface area contributed by atoms with Crippen molar-refractivity contribution in [3.63, 3.8) is 0 Å². The normalized spacial score (nSPS) is 26.3. The molecule has 2 bridgehead atoms. The molecule has 0 aromatic heterocycles. The van der Waals surface area contributed by atoms with Crippen molar-refractivity contribution in [1.29, 1.82) is 0 Å². The number of fused-ring (bicyclic) bond motifs is 2. The number of nitrogens with zero attached hydrogens (tertiary/aromatic N) is 2. The van der Waals surface area contributed by atoms with Crippen molar-refractivity contribution < 1.29 is 9.53 Å². The van der Waals surface area contributed by atoms with Gasteiger partial charge in [-0.05, 0) is 59.4 Å². The number of piperidine rings is 2.